The maximum atomic E-state index is 12.8. The Kier molecular flexibility index (Phi) is 7.98. The van der Waals surface area contributed by atoms with Gasteiger partial charge in [0.15, 0.2) is 0 Å². The lowest BCUT2D eigenvalue weighted by Crippen LogP contribution is -2.75. The second-order valence-corrected chi connectivity index (χ2v) is 7.30. The third-order valence-electron chi connectivity index (χ3n) is 4.78. The molecule has 0 bridgehead atoms. The van der Waals surface area contributed by atoms with Gasteiger partial charge in [-0.05, 0) is 13.8 Å². The average Bonchev–Trinajstić information content (AvgIpc) is 2.82. The Labute approximate surface area is 154 Å². The van der Waals surface area contributed by atoms with Crippen LogP contribution in [-0.4, -0.2) is 41.1 Å². The first kappa shape index (κ1) is 22.6. The van der Waals surface area contributed by atoms with Gasteiger partial charge in [-0.25, -0.2) is 4.98 Å². The molecule has 1 aromatic rings. The SMILES string of the molecule is CCOC1CC(N)(C(=O)N(C)Cc2scnc2C)C1(C)C.Cl.Cl. The summed E-state index contributed by atoms with van der Waals surface area (Å²) in [5.41, 5.74) is 8.01. The van der Waals surface area contributed by atoms with Crippen LogP contribution >= 0.6 is 36.2 Å². The average molecular weight is 384 g/mol. The van der Waals surface area contributed by atoms with Crippen LogP contribution < -0.4 is 5.73 Å². The van der Waals surface area contributed by atoms with Crippen LogP contribution in [0.5, 0.6) is 0 Å². The second kappa shape index (κ2) is 8.12. The van der Waals surface area contributed by atoms with Crippen LogP contribution in [-0.2, 0) is 16.1 Å². The fourth-order valence-electron chi connectivity index (χ4n) is 2.90. The molecular weight excluding hydrogens is 357 g/mol. The molecule has 0 saturated heterocycles. The Morgan fingerprint density at radius 3 is 2.57 bits per heavy atom. The minimum absolute atomic E-state index is 0. The van der Waals surface area contributed by atoms with E-state index in [1.54, 1.807) is 28.8 Å². The Morgan fingerprint density at radius 2 is 2.13 bits per heavy atom. The Balaban J connectivity index is 0.00000242. The number of nitrogens with zero attached hydrogens (tertiary/aromatic N) is 2. The van der Waals surface area contributed by atoms with Gasteiger partial charge in [0.25, 0.3) is 0 Å². The van der Waals surface area contributed by atoms with Gasteiger partial charge < -0.3 is 15.4 Å². The largest absolute Gasteiger partial charge is 0.378 e. The van der Waals surface area contributed by atoms with Crippen molar-refractivity contribution in [3.05, 3.63) is 16.1 Å². The van der Waals surface area contributed by atoms with Gasteiger partial charge in [-0.1, -0.05) is 13.8 Å². The first-order valence-electron chi connectivity index (χ1n) is 7.29. The summed E-state index contributed by atoms with van der Waals surface area (Å²) >= 11 is 1.57. The predicted octanol–water partition coefficient (Wildman–Crippen LogP) is 2.79. The molecule has 2 rings (SSSR count). The van der Waals surface area contributed by atoms with E-state index in [4.69, 9.17) is 10.5 Å². The van der Waals surface area contributed by atoms with E-state index in [0.717, 1.165) is 10.6 Å². The molecule has 0 radical (unpaired) electrons. The Bertz CT molecular complexity index is 539. The Hall–Kier alpha value is -0.400. The van der Waals surface area contributed by atoms with E-state index in [9.17, 15) is 4.79 Å². The van der Waals surface area contributed by atoms with Crippen LogP contribution in [0.15, 0.2) is 5.51 Å². The number of aromatic nitrogens is 1. The van der Waals surface area contributed by atoms with Crippen molar-refractivity contribution in [2.45, 2.75) is 52.3 Å². The molecule has 1 aliphatic rings. The van der Waals surface area contributed by atoms with Crippen molar-refractivity contribution in [2.24, 2.45) is 11.1 Å². The second-order valence-electron chi connectivity index (χ2n) is 6.36. The molecule has 134 valence electrons. The molecule has 1 amide bonds. The number of halogens is 2. The molecule has 1 heterocycles. The van der Waals surface area contributed by atoms with Crippen LogP contribution in [0.1, 0.15) is 37.8 Å². The first-order valence-corrected chi connectivity index (χ1v) is 8.17. The number of likely N-dealkylation sites (N-methyl/N-ethyl adjacent to an activating group) is 1. The summed E-state index contributed by atoms with van der Waals surface area (Å²) in [6.45, 7) is 9.16. The molecule has 2 unspecified atom stereocenters. The molecule has 2 N–H and O–H groups in total. The van der Waals surface area contributed by atoms with Gasteiger partial charge in [0.2, 0.25) is 5.91 Å². The van der Waals surface area contributed by atoms with E-state index in [2.05, 4.69) is 4.98 Å². The number of ether oxygens (including phenoxy) is 1. The van der Waals surface area contributed by atoms with Crippen molar-refractivity contribution in [3.63, 3.8) is 0 Å². The van der Waals surface area contributed by atoms with Crippen molar-refractivity contribution in [3.8, 4) is 0 Å². The zero-order valence-corrected chi connectivity index (χ0v) is 16.7. The number of amides is 1. The molecule has 5 nitrogen and oxygen atoms in total. The van der Waals surface area contributed by atoms with Crippen molar-refractivity contribution >= 4 is 42.1 Å². The molecule has 2 atom stereocenters. The highest BCUT2D eigenvalue weighted by atomic mass is 35.5. The number of hydrogen-bond acceptors (Lipinski definition) is 5. The monoisotopic (exact) mass is 383 g/mol. The van der Waals surface area contributed by atoms with Crippen LogP contribution in [0.2, 0.25) is 0 Å². The number of thiazole rings is 1. The van der Waals surface area contributed by atoms with Crippen LogP contribution in [0.4, 0.5) is 0 Å². The van der Waals surface area contributed by atoms with Gasteiger partial charge in [0.05, 0.1) is 23.9 Å². The lowest BCUT2D eigenvalue weighted by Gasteiger charge is -2.58. The summed E-state index contributed by atoms with van der Waals surface area (Å²) in [4.78, 5) is 19.8. The minimum Gasteiger partial charge on any atom is -0.378 e. The molecule has 1 saturated carbocycles. The highest BCUT2D eigenvalue weighted by Gasteiger charge is 2.63. The lowest BCUT2D eigenvalue weighted by molar-refractivity contribution is -0.178. The maximum Gasteiger partial charge on any atom is 0.243 e. The van der Waals surface area contributed by atoms with E-state index in [0.29, 0.717) is 19.6 Å². The summed E-state index contributed by atoms with van der Waals surface area (Å²) in [7, 11) is 1.81. The number of carbonyl (C=O) groups is 1. The fourth-order valence-corrected chi connectivity index (χ4v) is 3.73. The van der Waals surface area contributed by atoms with Crippen LogP contribution in [0.3, 0.4) is 0 Å². The van der Waals surface area contributed by atoms with E-state index >= 15 is 0 Å². The molecule has 0 aliphatic heterocycles. The van der Waals surface area contributed by atoms with Gasteiger partial charge in [0.1, 0.15) is 5.54 Å². The molecule has 0 aromatic carbocycles. The van der Waals surface area contributed by atoms with E-state index in [1.807, 2.05) is 27.7 Å². The molecule has 1 fully saturated rings. The number of hydrogen-bond donors (Lipinski definition) is 1. The normalized spacial score (nSPS) is 24.9. The van der Waals surface area contributed by atoms with E-state index < -0.39 is 5.54 Å². The third kappa shape index (κ3) is 3.82. The van der Waals surface area contributed by atoms with Gasteiger partial charge >= 0.3 is 0 Å². The lowest BCUT2D eigenvalue weighted by atomic mass is 9.54. The summed E-state index contributed by atoms with van der Waals surface area (Å²) in [5.74, 6) is -0.0174. The molecule has 23 heavy (non-hydrogen) atoms. The maximum absolute atomic E-state index is 12.8. The molecule has 8 heteroatoms. The molecule has 0 spiro atoms. The van der Waals surface area contributed by atoms with Gasteiger partial charge in [0, 0.05) is 30.4 Å². The minimum atomic E-state index is -0.847. The molecule has 1 aliphatic carbocycles. The summed E-state index contributed by atoms with van der Waals surface area (Å²) in [5, 5.41) is 0. The van der Waals surface area contributed by atoms with Crippen LogP contribution in [0, 0.1) is 12.3 Å². The summed E-state index contributed by atoms with van der Waals surface area (Å²) in [6, 6.07) is 0. The van der Waals surface area contributed by atoms with Crippen molar-refractivity contribution in [2.75, 3.05) is 13.7 Å². The standard InChI is InChI=1S/C15H25N3O2S.2ClH/c1-6-20-12-7-15(16,14(12,3)4)13(19)18(5)8-11-10(2)17-9-21-11;;/h9,12H,6-8,16H2,1-5H3;2*1H. The number of carbonyl (C=O) groups excluding carboxylic acids is 1. The quantitative estimate of drug-likeness (QED) is 0.848. The Morgan fingerprint density at radius 1 is 1.52 bits per heavy atom. The number of nitrogens with two attached hydrogens (primary N) is 1. The fraction of sp³-hybridized carbons (Fsp3) is 0.733. The van der Waals surface area contributed by atoms with Gasteiger partial charge in [-0.2, -0.15) is 0 Å². The third-order valence-corrected chi connectivity index (χ3v) is 5.70. The smallest absolute Gasteiger partial charge is 0.243 e. The van der Waals surface area contributed by atoms with Crippen molar-refractivity contribution in [1.29, 1.82) is 0 Å². The summed E-state index contributed by atoms with van der Waals surface area (Å²) < 4.78 is 5.68. The highest BCUT2D eigenvalue weighted by Crippen LogP contribution is 2.50. The van der Waals surface area contributed by atoms with Gasteiger partial charge in [-0.15, -0.1) is 36.2 Å². The first-order chi connectivity index (χ1) is 9.74. The highest BCUT2D eigenvalue weighted by molar-refractivity contribution is 7.09. The zero-order chi connectivity index (χ0) is 15.8. The molecular formula is C15H27Cl2N3O2S. The topological polar surface area (TPSA) is 68.5 Å². The number of rotatable bonds is 5. The zero-order valence-electron chi connectivity index (χ0n) is 14.3. The number of aryl methyl sites for hydroxylation is 1. The molecule has 1 aromatic heterocycles. The van der Waals surface area contributed by atoms with E-state index in [1.165, 1.54) is 0 Å². The van der Waals surface area contributed by atoms with E-state index in [-0.39, 0.29) is 42.2 Å². The summed E-state index contributed by atoms with van der Waals surface area (Å²) in [6.07, 6.45) is 0.633. The predicted molar refractivity (Wildman–Crippen MR) is 98.6 cm³/mol. The van der Waals surface area contributed by atoms with Crippen molar-refractivity contribution < 1.29 is 9.53 Å². The van der Waals surface area contributed by atoms with Gasteiger partial charge in [-0.3, -0.25) is 4.79 Å². The van der Waals surface area contributed by atoms with Crippen molar-refractivity contribution in [1.82, 2.24) is 9.88 Å². The van der Waals surface area contributed by atoms with Crippen LogP contribution in [0.25, 0.3) is 0 Å².